The third-order valence-corrected chi connectivity index (χ3v) is 13.5. The van der Waals surface area contributed by atoms with Gasteiger partial charge in [0.15, 0.2) is 0 Å². The molecule has 0 radical (unpaired) electrons. The number of carbonyl (C=O) groups excluding carboxylic acids is 2. The van der Waals surface area contributed by atoms with E-state index in [1.54, 1.807) is 0 Å². The highest BCUT2D eigenvalue weighted by molar-refractivity contribution is 5.77. The largest absolute Gasteiger partial charge is 0.393 e. The minimum atomic E-state index is -0.213. The summed E-state index contributed by atoms with van der Waals surface area (Å²) in [5.41, 5.74) is 0.427. The van der Waals surface area contributed by atoms with Gasteiger partial charge in [-0.2, -0.15) is 0 Å². The molecule has 0 aliphatic heterocycles. The second kappa shape index (κ2) is 24.2. The van der Waals surface area contributed by atoms with Crippen LogP contribution in [-0.4, -0.2) is 47.3 Å². The van der Waals surface area contributed by atoms with E-state index in [2.05, 4.69) is 106 Å². The highest BCUT2D eigenvalue weighted by Crippen LogP contribution is 2.66. The smallest absolute Gasteiger partial charge is 0.220 e. The fourth-order valence-corrected chi connectivity index (χ4v) is 10.3. The van der Waals surface area contributed by atoms with Gasteiger partial charge in [0.05, 0.1) is 12.2 Å². The summed E-state index contributed by atoms with van der Waals surface area (Å²) >= 11 is 0. The van der Waals surface area contributed by atoms with Gasteiger partial charge in [-0.1, -0.05) is 95.4 Å². The number of unbranched alkanes of at least 4 members (excludes halogenated alkanes) is 1. The Labute approximate surface area is 324 Å². The molecule has 6 nitrogen and oxygen atoms in total. The van der Waals surface area contributed by atoms with Crippen LogP contribution in [0.1, 0.15) is 157 Å². The highest BCUT2D eigenvalue weighted by atomic mass is 16.3. The summed E-state index contributed by atoms with van der Waals surface area (Å²) in [5.74, 6) is 2.60. The molecule has 300 valence electrons. The maximum absolute atomic E-state index is 12.8. The molecule has 4 N–H and O–H groups in total. The van der Waals surface area contributed by atoms with Crippen LogP contribution in [0.5, 0.6) is 0 Å². The third-order valence-electron chi connectivity index (χ3n) is 13.5. The predicted molar refractivity (Wildman–Crippen MR) is 222 cm³/mol. The number of nitrogens with one attached hydrogen (secondary N) is 2. The molecule has 0 spiro atoms. The number of hydrogen-bond acceptors (Lipinski definition) is 4. The van der Waals surface area contributed by atoms with E-state index in [0.29, 0.717) is 55.5 Å². The van der Waals surface area contributed by atoms with Crippen molar-refractivity contribution >= 4 is 11.8 Å². The number of aliphatic hydroxyl groups is 2. The van der Waals surface area contributed by atoms with E-state index in [4.69, 9.17) is 0 Å². The average Bonchev–Trinajstić information content (AvgIpc) is 3.51. The number of fused-ring (bicyclic) bond motifs is 3. The molecule has 0 saturated heterocycles. The SMILES string of the molecule is CCC=CCC=CCC=CCC=CCC=CCCCC(=O)NCCNC(=O)CCC(C)C1CCC2C3C(O)CCC(C)(CCC(O)CC)C3CCC12C. The highest BCUT2D eigenvalue weighted by Gasteiger charge is 2.60. The molecular formula is C47H78N2O4. The van der Waals surface area contributed by atoms with Crippen molar-refractivity contribution in [1.82, 2.24) is 10.6 Å². The van der Waals surface area contributed by atoms with Crippen molar-refractivity contribution in [3.63, 3.8) is 0 Å². The normalized spacial score (nSPS) is 30.1. The first-order chi connectivity index (χ1) is 25.6. The molecule has 9 atom stereocenters. The van der Waals surface area contributed by atoms with Crippen molar-refractivity contribution in [2.24, 2.45) is 40.4 Å². The van der Waals surface area contributed by atoms with Crippen molar-refractivity contribution in [3.05, 3.63) is 60.8 Å². The summed E-state index contributed by atoms with van der Waals surface area (Å²) in [7, 11) is 0. The van der Waals surface area contributed by atoms with E-state index in [-0.39, 0.29) is 34.9 Å². The van der Waals surface area contributed by atoms with Crippen LogP contribution in [0.15, 0.2) is 60.8 Å². The summed E-state index contributed by atoms with van der Waals surface area (Å²) in [5, 5.41) is 27.7. The van der Waals surface area contributed by atoms with Crippen molar-refractivity contribution < 1.29 is 19.8 Å². The van der Waals surface area contributed by atoms with E-state index < -0.39 is 0 Å². The lowest BCUT2D eigenvalue weighted by Gasteiger charge is -2.58. The number of aliphatic hydroxyl groups excluding tert-OH is 2. The molecule has 0 aromatic rings. The van der Waals surface area contributed by atoms with Crippen LogP contribution < -0.4 is 10.6 Å². The lowest BCUT2D eigenvalue weighted by atomic mass is 9.47. The van der Waals surface area contributed by atoms with Crippen LogP contribution in [0.4, 0.5) is 0 Å². The lowest BCUT2D eigenvalue weighted by molar-refractivity contribution is -0.134. The summed E-state index contributed by atoms with van der Waals surface area (Å²) in [4.78, 5) is 25.0. The van der Waals surface area contributed by atoms with Crippen molar-refractivity contribution in [1.29, 1.82) is 0 Å². The second-order valence-corrected chi connectivity index (χ2v) is 17.2. The molecule has 9 unspecified atom stereocenters. The number of hydrogen-bond donors (Lipinski definition) is 4. The van der Waals surface area contributed by atoms with Crippen LogP contribution in [-0.2, 0) is 9.59 Å². The van der Waals surface area contributed by atoms with Crippen LogP contribution in [0.3, 0.4) is 0 Å². The van der Waals surface area contributed by atoms with Gasteiger partial charge in [-0.05, 0) is 150 Å². The first kappa shape index (κ1) is 45.0. The number of carbonyl (C=O) groups is 2. The Balaban J connectivity index is 1.25. The van der Waals surface area contributed by atoms with Crippen molar-refractivity contribution in [3.8, 4) is 0 Å². The van der Waals surface area contributed by atoms with E-state index in [9.17, 15) is 19.8 Å². The molecule has 2 amide bonds. The first-order valence-corrected chi connectivity index (χ1v) is 21.7. The molecule has 3 aliphatic rings. The topological polar surface area (TPSA) is 98.7 Å². The number of rotatable bonds is 24. The van der Waals surface area contributed by atoms with Gasteiger partial charge in [0.25, 0.3) is 0 Å². The molecule has 53 heavy (non-hydrogen) atoms. The van der Waals surface area contributed by atoms with Crippen LogP contribution in [0.25, 0.3) is 0 Å². The molecule has 3 rings (SSSR count). The molecule has 3 saturated carbocycles. The molecule has 6 heteroatoms. The average molecular weight is 735 g/mol. The summed E-state index contributed by atoms with van der Waals surface area (Å²) in [6, 6.07) is 0. The minimum Gasteiger partial charge on any atom is -0.393 e. The van der Waals surface area contributed by atoms with E-state index in [1.807, 2.05) is 0 Å². The van der Waals surface area contributed by atoms with Crippen LogP contribution in [0, 0.1) is 40.4 Å². The fraction of sp³-hybridized carbons (Fsp3) is 0.745. The van der Waals surface area contributed by atoms with Crippen LogP contribution in [0.2, 0.25) is 0 Å². The Kier molecular flexibility index (Phi) is 20.5. The van der Waals surface area contributed by atoms with Gasteiger partial charge in [0.1, 0.15) is 0 Å². The Morgan fingerprint density at radius 1 is 0.736 bits per heavy atom. The monoisotopic (exact) mass is 735 g/mol. The molecular weight excluding hydrogens is 657 g/mol. The van der Waals surface area contributed by atoms with Gasteiger partial charge >= 0.3 is 0 Å². The molecule has 0 bridgehead atoms. The quantitative estimate of drug-likeness (QED) is 0.0586. The molecule has 0 aromatic carbocycles. The standard InChI is InChI=1S/C47H78N2O4/c1-6-8-9-10-11-12-13-14-15-16-17-18-19-20-21-22-23-24-43(52)48-35-36-49-44(53)28-25-37(3)39-26-27-41-45-40(30-34-47(39,41)5)46(4,33-31-42(45)51)32-29-38(50)7-2/h8-9,11-12,14-15,17-18,20-21,37-42,45,50-51H,6-7,10,13,16,19,22-36H2,1-5H3,(H,48,52)(H,49,53). The zero-order chi connectivity index (χ0) is 38.5. The predicted octanol–water partition coefficient (Wildman–Crippen LogP) is 10.3. The Morgan fingerprint density at radius 3 is 1.92 bits per heavy atom. The summed E-state index contributed by atoms with van der Waals surface area (Å²) < 4.78 is 0. The maximum atomic E-state index is 12.8. The summed E-state index contributed by atoms with van der Waals surface area (Å²) in [6.07, 6.45) is 39.5. The van der Waals surface area contributed by atoms with Crippen molar-refractivity contribution in [2.45, 2.75) is 169 Å². The third kappa shape index (κ3) is 14.6. The molecule has 3 fully saturated rings. The Hall–Kier alpha value is -2.44. The molecule has 3 aliphatic carbocycles. The van der Waals surface area contributed by atoms with Gasteiger partial charge in [-0.25, -0.2) is 0 Å². The first-order valence-electron chi connectivity index (χ1n) is 21.7. The molecule has 0 heterocycles. The zero-order valence-electron chi connectivity index (χ0n) is 34.4. The van der Waals surface area contributed by atoms with E-state index >= 15 is 0 Å². The number of amides is 2. The van der Waals surface area contributed by atoms with Gasteiger partial charge in [-0.15, -0.1) is 0 Å². The Morgan fingerprint density at radius 2 is 1.32 bits per heavy atom. The lowest BCUT2D eigenvalue weighted by Crippen LogP contribution is -2.54. The van der Waals surface area contributed by atoms with Gasteiger partial charge in [-0.3, -0.25) is 9.59 Å². The Bertz CT molecular complexity index is 1220. The van der Waals surface area contributed by atoms with E-state index in [0.717, 1.165) is 83.5 Å². The second-order valence-electron chi connectivity index (χ2n) is 17.2. The van der Waals surface area contributed by atoms with Gasteiger partial charge in [0.2, 0.25) is 11.8 Å². The van der Waals surface area contributed by atoms with E-state index in [1.165, 1.54) is 25.7 Å². The minimum absolute atomic E-state index is 0.0425. The number of allylic oxidation sites excluding steroid dienone is 10. The van der Waals surface area contributed by atoms with Gasteiger partial charge < -0.3 is 20.8 Å². The fourth-order valence-electron chi connectivity index (χ4n) is 10.3. The maximum Gasteiger partial charge on any atom is 0.220 e. The summed E-state index contributed by atoms with van der Waals surface area (Å²) in [6.45, 7) is 12.4. The molecule has 0 aromatic heterocycles. The zero-order valence-corrected chi connectivity index (χ0v) is 34.4. The van der Waals surface area contributed by atoms with Crippen molar-refractivity contribution in [2.75, 3.05) is 13.1 Å². The van der Waals surface area contributed by atoms with Crippen LogP contribution >= 0.6 is 0 Å². The van der Waals surface area contributed by atoms with Gasteiger partial charge in [0, 0.05) is 25.9 Å².